The molecule has 1 aromatic heterocycles. The molecule has 0 bridgehead atoms. The van der Waals surface area contributed by atoms with Crippen molar-refractivity contribution in [3.8, 4) is 0 Å². The lowest BCUT2D eigenvalue weighted by molar-refractivity contribution is -0.0395. The molecule has 180 valence electrons. The van der Waals surface area contributed by atoms with Crippen LogP contribution in [0.15, 0.2) is 65.7 Å². The molecule has 0 saturated carbocycles. The van der Waals surface area contributed by atoms with E-state index in [1.807, 2.05) is 54.6 Å². The van der Waals surface area contributed by atoms with Crippen molar-refractivity contribution < 1.29 is 18.6 Å². The number of aliphatic hydroxyl groups is 1. The van der Waals surface area contributed by atoms with Gasteiger partial charge in [0.1, 0.15) is 0 Å². The standard InChI is InChI=1S/C27H25F2N3O3/c28-27(29)14-31(15-27)19-7-5-17(6-8-19)11-18-12-22-25(21-4-2-1-3-20(18)21)30-16-32(26(22)34)23-9-10-35-13-24(23)33/h1-8,12,16,23-24,33H,9-11,13-15H2/t23-,24-/m0/s1. The number of alkyl halides is 2. The summed E-state index contributed by atoms with van der Waals surface area (Å²) in [5, 5.41) is 12.8. The van der Waals surface area contributed by atoms with Gasteiger partial charge in [0.05, 0.1) is 49.1 Å². The third-order valence-corrected chi connectivity index (χ3v) is 7.07. The third kappa shape index (κ3) is 3.96. The summed E-state index contributed by atoms with van der Waals surface area (Å²) in [6, 6.07) is 17.1. The maximum absolute atomic E-state index is 13.5. The van der Waals surface area contributed by atoms with Crippen LogP contribution in [0.3, 0.4) is 0 Å². The Morgan fingerprint density at radius 1 is 1.06 bits per heavy atom. The number of halogens is 2. The number of nitrogens with zero attached hydrogens (tertiary/aromatic N) is 3. The first-order valence-electron chi connectivity index (χ1n) is 11.8. The van der Waals surface area contributed by atoms with Crippen molar-refractivity contribution in [1.82, 2.24) is 9.55 Å². The Kier molecular flexibility index (Phi) is 5.30. The van der Waals surface area contributed by atoms with Gasteiger partial charge in [-0.15, -0.1) is 0 Å². The van der Waals surface area contributed by atoms with Crippen LogP contribution in [-0.4, -0.2) is 53.0 Å². The van der Waals surface area contributed by atoms with Crippen molar-refractivity contribution in [2.24, 2.45) is 0 Å². The van der Waals surface area contributed by atoms with Crippen LogP contribution in [0.4, 0.5) is 14.5 Å². The third-order valence-electron chi connectivity index (χ3n) is 7.07. The summed E-state index contributed by atoms with van der Waals surface area (Å²) < 4.78 is 33.3. The molecule has 3 aromatic carbocycles. The number of aromatic nitrogens is 2. The van der Waals surface area contributed by atoms with E-state index in [1.165, 1.54) is 10.9 Å². The van der Waals surface area contributed by atoms with Crippen molar-refractivity contribution in [3.05, 3.63) is 82.4 Å². The molecule has 8 heteroatoms. The Morgan fingerprint density at radius 2 is 1.80 bits per heavy atom. The van der Waals surface area contributed by atoms with Gasteiger partial charge >= 0.3 is 0 Å². The lowest BCUT2D eigenvalue weighted by Crippen LogP contribution is -2.56. The molecule has 0 radical (unpaired) electrons. The largest absolute Gasteiger partial charge is 0.389 e. The van der Waals surface area contributed by atoms with Crippen LogP contribution in [0.25, 0.3) is 21.7 Å². The lowest BCUT2D eigenvalue weighted by atomic mass is 9.95. The highest BCUT2D eigenvalue weighted by Gasteiger charge is 2.43. The Balaban J connectivity index is 1.39. The molecule has 4 aromatic rings. The highest BCUT2D eigenvalue weighted by molar-refractivity contribution is 6.06. The number of benzene rings is 3. The van der Waals surface area contributed by atoms with E-state index in [9.17, 15) is 18.7 Å². The molecule has 2 atom stereocenters. The molecule has 2 aliphatic rings. The average molecular weight is 478 g/mol. The van der Waals surface area contributed by atoms with Crippen molar-refractivity contribution in [1.29, 1.82) is 0 Å². The summed E-state index contributed by atoms with van der Waals surface area (Å²) in [6.07, 6.45) is 1.91. The van der Waals surface area contributed by atoms with Crippen LogP contribution in [0.5, 0.6) is 0 Å². The van der Waals surface area contributed by atoms with Gasteiger partial charge in [-0.2, -0.15) is 0 Å². The van der Waals surface area contributed by atoms with Crippen molar-refractivity contribution >= 4 is 27.4 Å². The Morgan fingerprint density at radius 3 is 2.51 bits per heavy atom. The van der Waals surface area contributed by atoms with Crippen LogP contribution in [0.2, 0.25) is 0 Å². The first-order chi connectivity index (χ1) is 16.9. The zero-order valence-electron chi connectivity index (χ0n) is 19.0. The molecule has 0 aliphatic carbocycles. The number of aliphatic hydroxyl groups excluding tert-OH is 1. The average Bonchev–Trinajstić information content (AvgIpc) is 2.84. The van der Waals surface area contributed by atoms with Gasteiger partial charge in [0.25, 0.3) is 11.5 Å². The molecule has 2 fully saturated rings. The van der Waals surface area contributed by atoms with Gasteiger partial charge in [0.2, 0.25) is 0 Å². The molecule has 1 N–H and O–H groups in total. The van der Waals surface area contributed by atoms with Crippen LogP contribution >= 0.6 is 0 Å². The molecule has 0 amide bonds. The molecule has 2 saturated heterocycles. The molecule has 35 heavy (non-hydrogen) atoms. The van der Waals surface area contributed by atoms with E-state index < -0.39 is 12.0 Å². The topological polar surface area (TPSA) is 67.6 Å². The van der Waals surface area contributed by atoms with Crippen LogP contribution in [0.1, 0.15) is 23.6 Å². The van der Waals surface area contributed by atoms with E-state index in [1.54, 1.807) is 4.90 Å². The summed E-state index contributed by atoms with van der Waals surface area (Å²) in [7, 11) is 0. The zero-order chi connectivity index (χ0) is 24.2. The molecule has 0 unspecified atom stereocenters. The first-order valence-corrected chi connectivity index (χ1v) is 11.8. The Labute approximate surface area is 200 Å². The number of hydrogen-bond acceptors (Lipinski definition) is 5. The van der Waals surface area contributed by atoms with Crippen molar-refractivity contribution in [2.75, 3.05) is 31.2 Å². The monoisotopic (exact) mass is 477 g/mol. The minimum atomic E-state index is -2.61. The second-order valence-corrected chi connectivity index (χ2v) is 9.49. The van der Waals surface area contributed by atoms with Gasteiger partial charge in [0.15, 0.2) is 0 Å². The maximum Gasteiger partial charge on any atom is 0.282 e. The van der Waals surface area contributed by atoms with Gasteiger partial charge in [-0.05, 0) is 47.6 Å². The summed E-state index contributed by atoms with van der Waals surface area (Å²) in [6.45, 7) is 0.189. The molecule has 2 aliphatic heterocycles. The summed E-state index contributed by atoms with van der Waals surface area (Å²) >= 11 is 0. The normalized spacial score (nSPS) is 21.9. The number of ether oxygens (including phenoxy) is 1. The van der Waals surface area contributed by atoms with Gasteiger partial charge in [-0.3, -0.25) is 9.36 Å². The van der Waals surface area contributed by atoms with Crippen molar-refractivity contribution in [2.45, 2.75) is 30.9 Å². The number of fused-ring (bicyclic) bond motifs is 3. The fraction of sp³-hybridized carbons (Fsp3) is 0.333. The van der Waals surface area contributed by atoms with Gasteiger partial charge in [-0.25, -0.2) is 13.8 Å². The second kappa shape index (κ2) is 8.39. The second-order valence-electron chi connectivity index (χ2n) is 9.49. The molecular formula is C27H25F2N3O3. The highest BCUT2D eigenvalue weighted by Crippen LogP contribution is 2.33. The highest BCUT2D eigenvalue weighted by atomic mass is 19.3. The molecule has 0 spiro atoms. The van der Waals surface area contributed by atoms with E-state index in [-0.39, 0.29) is 31.3 Å². The fourth-order valence-electron chi connectivity index (χ4n) is 5.21. The smallest absolute Gasteiger partial charge is 0.282 e. The number of anilines is 1. The predicted octanol–water partition coefficient (Wildman–Crippen LogP) is 3.92. The van der Waals surface area contributed by atoms with Crippen LogP contribution < -0.4 is 10.5 Å². The first kappa shape index (κ1) is 22.1. The van der Waals surface area contributed by atoms with Crippen molar-refractivity contribution in [3.63, 3.8) is 0 Å². The van der Waals surface area contributed by atoms with Gasteiger partial charge < -0.3 is 14.7 Å². The lowest BCUT2D eigenvalue weighted by Gasteiger charge is -2.40. The van der Waals surface area contributed by atoms with Crippen LogP contribution in [-0.2, 0) is 11.2 Å². The number of hydrogen-bond donors (Lipinski definition) is 1. The quantitative estimate of drug-likeness (QED) is 0.452. The van der Waals surface area contributed by atoms with E-state index in [0.29, 0.717) is 30.4 Å². The minimum Gasteiger partial charge on any atom is -0.389 e. The summed E-state index contributed by atoms with van der Waals surface area (Å²) in [5.41, 5.74) is 3.25. The minimum absolute atomic E-state index is 0.179. The van der Waals surface area contributed by atoms with Gasteiger partial charge in [-0.1, -0.05) is 36.4 Å². The predicted molar refractivity (Wildman–Crippen MR) is 130 cm³/mol. The molecular weight excluding hydrogens is 452 g/mol. The Hall–Kier alpha value is -3.36. The number of rotatable bonds is 4. The molecule has 6 nitrogen and oxygen atoms in total. The molecule has 3 heterocycles. The molecule has 6 rings (SSSR count). The van der Waals surface area contributed by atoms with E-state index in [0.717, 1.165) is 27.6 Å². The zero-order valence-corrected chi connectivity index (χ0v) is 19.0. The SMILES string of the molecule is O=c1c2cc(Cc3ccc(N4CC(F)(F)C4)cc3)c3ccccc3c2ncn1[C@H]1CCOC[C@@H]1O. The Bertz CT molecular complexity index is 1460. The van der Waals surface area contributed by atoms with Crippen LogP contribution in [0, 0.1) is 0 Å². The maximum atomic E-state index is 13.5. The van der Waals surface area contributed by atoms with Gasteiger partial charge in [0, 0.05) is 17.7 Å². The summed E-state index contributed by atoms with van der Waals surface area (Å²) in [5.74, 6) is -2.61. The fourth-order valence-corrected chi connectivity index (χ4v) is 5.21. The van der Waals surface area contributed by atoms with E-state index in [4.69, 9.17) is 4.74 Å². The van der Waals surface area contributed by atoms with E-state index >= 15 is 0 Å². The summed E-state index contributed by atoms with van der Waals surface area (Å²) in [4.78, 5) is 19.8. The van der Waals surface area contributed by atoms with E-state index in [2.05, 4.69) is 4.98 Å².